The summed E-state index contributed by atoms with van der Waals surface area (Å²) in [6.07, 6.45) is -3.06. The molecule has 0 fully saturated rings. The molecular formula is C14H12F3NO2. The topological polar surface area (TPSA) is 42.4 Å². The summed E-state index contributed by atoms with van der Waals surface area (Å²) < 4.78 is 42.5. The maximum atomic E-state index is 12.4. The number of hydrogen-bond donors (Lipinski definition) is 1. The van der Waals surface area contributed by atoms with Crippen LogP contribution < -0.4 is 4.74 Å². The summed E-state index contributed by atoms with van der Waals surface area (Å²) in [5.41, 5.74) is 0.0747. The molecule has 1 aromatic heterocycles. The zero-order valence-electron chi connectivity index (χ0n) is 10.6. The number of ether oxygens (including phenoxy) is 1. The number of halogens is 3. The SMILES string of the molecule is CCc1ccc(Oc2ncc(C(F)(F)F)cc2O)cc1. The van der Waals surface area contributed by atoms with Crippen LogP contribution in [0.15, 0.2) is 36.5 Å². The van der Waals surface area contributed by atoms with Crippen molar-refractivity contribution < 1.29 is 23.0 Å². The molecule has 0 bridgehead atoms. The van der Waals surface area contributed by atoms with Gasteiger partial charge in [0.15, 0.2) is 5.75 Å². The van der Waals surface area contributed by atoms with E-state index in [9.17, 15) is 18.3 Å². The van der Waals surface area contributed by atoms with Crippen LogP contribution in [-0.2, 0) is 12.6 Å². The maximum Gasteiger partial charge on any atom is 0.418 e. The fraction of sp³-hybridized carbons (Fsp3) is 0.214. The number of aromatic hydroxyl groups is 1. The molecule has 20 heavy (non-hydrogen) atoms. The lowest BCUT2D eigenvalue weighted by molar-refractivity contribution is -0.138. The van der Waals surface area contributed by atoms with Crippen molar-refractivity contribution in [3.8, 4) is 17.4 Å². The van der Waals surface area contributed by atoms with Gasteiger partial charge in [0.25, 0.3) is 5.88 Å². The first-order chi connectivity index (χ1) is 9.40. The van der Waals surface area contributed by atoms with E-state index in [4.69, 9.17) is 4.74 Å². The Hall–Kier alpha value is -2.24. The summed E-state index contributed by atoms with van der Waals surface area (Å²) in [7, 11) is 0. The molecule has 1 aromatic carbocycles. The number of benzene rings is 1. The minimum absolute atomic E-state index is 0.262. The Labute approximate surface area is 113 Å². The zero-order valence-corrected chi connectivity index (χ0v) is 10.6. The highest BCUT2D eigenvalue weighted by Crippen LogP contribution is 2.35. The van der Waals surface area contributed by atoms with Gasteiger partial charge in [-0.15, -0.1) is 0 Å². The van der Waals surface area contributed by atoms with Crippen molar-refractivity contribution in [2.24, 2.45) is 0 Å². The molecule has 0 saturated heterocycles. The number of rotatable bonds is 3. The van der Waals surface area contributed by atoms with Gasteiger partial charge in [-0.25, -0.2) is 4.98 Å². The van der Waals surface area contributed by atoms with Crippen molar-refractivity contribution in [2.75, 3.05) is 0 Å². The average Bonchev–Trinajstić information content (AvgIpc) is 2.41. The Morgan fingerprint density at radius 1 is 1.20 bits per heavy atom. The Kier molecular flexibility index (Phi) is 3.83. The third-order valence-electron chi connectivity index (χ3n) is 2.71. The quantitative estimate of drug-likeness (QED) is 0.919. The van der Waals surface area contributed by atoms with E-state index in [1.54, 1.807) is 12.1 Å². The molecule has 0 saturated carbocycles. The molecule has 0 aliphatic heterocycles. The largest absolute Gasteiger partial charge is 0.503 e. The molecule has 0 radical (unpaired) electrons. The van der Waals surface area contributed by atoms with Crippen molar-refractivity contribution in [3.63, 3.8) is 0 Å². The van der Waals surface area contributed by atoms with Crippen LogP contribution in [0.1, 0.15) is 18.1 Å². The Balaban J connectivity index is 2.21. The molecule has 0 unspecified atom stereocenters. The number of nitrogens with zero attached hydrogens (tertiary/aromatic N) is 1. The second-order valence-corrected chi connectivity index (χ2v) is 4.15. The lowest BCUT2D eigenvalue weighted by Gasteiger charge is -2.10. The number of hydrogen-bond acceptors (Lipinski definition) is 3. The Morgan fingerprint density at radius 2 is 1.85 bits per heavy atom. The monoisotopic (exact) mass is 283 g/mol. The van der Waals surface area contributed by atoms with E-state index in [1.165, 1.54) is 0 Å². The van der Waals surface area contributed by atoms with Gasteiger partial charge in [0.2, 0.25) is 0 Å². The number of alkyl halides is 3. The van der Waals surface area contributed by atoms with Gasteiger partial charge in [0, 0.05) is 6.20 Å². The lowest BCUT2D eigenvalue weighted by Crippen LogP contribution is -2.05. The van der Waals surface area contributed by atoms with Gasteiger partial charge in [-0.05, 0) is 30.2 Å². The Bertz CT molecular complexity index is 594. The van der Waals surface area contributed by atoms with Crippen LogP contribution in [0.3, 0.4) is 0 Å². The summed E-state index contributed by atoms with van der Waals surface area (Å²) in [5, 5.41) is 9.53. The summed E-state index contributed by atoms with van der Waals surface area (Å²) in [6.45, 7) is 2.00. The van der Waals surface area contributed by atoms with Gasteiger partial charge in [-0.3, -0.25) is 0 Å². The van der Waals surface area contributed by atoms with Crippen molar-refractivity contribution in [3.05, 3.63) is 47.7 Å². The summed E-state index contributed by atoms with van der Waals surface area (Å²) >= 11 is 0. The van der Waals surface area contributed by atoms with Crippen LogP contribution in [0, 0.1) is 0 Å². The molecule has 0 aliphatic carbocycles. The first-order valence-electron chi connectivity index (χ1n) is 5.93. The van der Waals surface area contributed by atoms with E-state index >= 15 is 0 Å². The first-order valence-corrected chi connectivity index (χ1v) is 5.93. The van der Waals surface area contributed by atoms with Gasteiger partial charge in [-0.2, -0.15) is 13.2 Å². The van der Waals surface area contributed by atoms with Crippen LogP contribution >= 0.6 is 0 Å². The molecule has 1 heterocycles. The third kappa shape index (κ3) is 3.20. The second-order valence-electron chi connectivity index (χ2n) is 4.15. The maximum absolute atomic E-state index is 12.4. The van der Waals surface area contributed by atoms with Crippen LogP contribution in [-0.4, -0.2) is 10.1 Å². The van der Waals surface area contributed by atoms with Crippen molar-refractivity contribution >= 4 is 0 Å². The standard InChI is InChI=1S/C14H12F3NO2/c1-2-9-3-5-11(6-4-9)20-13-12(19)7-10(8-18-13)14(15,16)17/h3-8,19H,2H2,1H3. The minimum Gasteiger partial charge on any atom is -0.503 e. The van der Waals surface area contributed by atoms with Crippen LogP contribution in [0.4, 0.5) is 13.2 Å². The molecule has 0 atom stereocenters. The molecular weight excluding hydrogens is 271 g/mol. The first kappa shape index (κ1) is 14.2. The lowest BCUT2D eigenvalue weighted by atomic mass is 10.2. The van der Waals surface area contributed by atoms with E-state index in [0.29, 0.717) is 18.0 Å². The minimum atomic E-state index is -4.55. The highest BCUT2D eigenvalue weighted by molar-refractivity contribution is 5.39. The predicted octanol–water partition coefficient (Wildman–Crippen LogP) is 4.16. The summed E-state index contributed by atoms with van der Waals surface area (Å²) in [5.74, 6) is -0.522. The molecule has 106 valence electrons. The number of aryl methyl sites for hydroxylation is 1. The van der Waals surface area contributed by atoms with Gasteiger partial charge in [0.05, 0.1) is 5.56 Å². The van der Waals surface area contributed by atoms with Gasteiger partial charge in [0.1, 0.15) is 5.75 Å². The van der Waals surface area contributed by atoms with Gasteiger partial charge in [-0.1, -0.05) is 19.1 Å². The Morgan fingerprint density at radius 3 is 2.35 bits per heavy atom. The summed E-state index contributed by atoms with van der Waals surface area (Å²) in [4.78, 5) is 3.49. The normalized spacial score (nSPS) is 11.4. The molecule has 0 spiro atoms. The average molecular weight is 283 g/mol. The highest BCUT2D eigenvalue weighted by atomic mass is 19.4. The molecule has 1 N–H and O–H groups in total. The van der Waals surface area contributed by atoms with Crippen LogP contribution in [0.2, 0.25) is 0 Å². The van der Waals surface area contributed by atoms with E-state index in [1.807, 2.05) is 19.1 Å². The molecule has 0 amide bonds. The van der Waals surface area contributed by atoms with Gasteiger partial charge >= 0.3 is 6.18 Å². The van der Waals surface area contributed by atoms with E-state index in [2.05, 4.69) is 4.98 Å². The number of aromatic nitrogens is 1. The molecule has 2 rings (SSSR count). The second kappa shape index (κ2) is 5.40. The van der Waals surface area contributed by atoms with Crippen molar-refractivity contribution in [1.29, 1.82) is 0 Å². The fourth-order valence-corrected chi connectivity index (χ4v) is 1.58. The van der Waals surface area contributed by atoms with E-state index in [-0.39, 0.29) is 5.88 Å². The fourth-order valence-electron chi connectivity index (χ4n) is 1.58. The van der Waals surface area contributed by atoms with Gasteiger partial charge < -0.3 is 9.84 Å². The molecule has 6 heteroatoms. The molecule has 3 nitrogen and oxygen atoms in total. The zero-order chi connectivity index (χ0) is 14.8. The van der Waals surface area contributed by atoms with Crippen LogP contribution in [0.5, 0.6) is 17.4 Å². The van der Waals surface area contributed by atoms with E-state index in [0.717, 1.165) is 12.0 Å². The predicted molar refractivity (Wildman–Crippen MR) is 66.8 cm³/mol. The van der Waals surface area contributed by atoms with Crippen LogP contribution in [0.25, 0.3) is 0 Å². The van der Waals surface area contributed by atoms with Crippen molar-refractivity contribution in [2.45, 2.75) is 19.5 Å². The molecule has 0 aliphatic rings. The smallest absolute Gasteiger partial charge is 0.418 e. The highest BCUT2D eigenvalue weighted by Gasteiger charge is 2.32. The van der Waals surface area contributed by atoms with E-state index < -0.39 is 17.5 Å². The molecule has 2 aromatic rings. The third-order valence-corrected chi connectivity index (χ3v) is 2.71. The van der Waals surface area contributed by atoms with Crippen molar-refractivity contribution in [1.82, 2.24) is 4.98 Å². The summed E-state index contributed by atoms with van der Waals surface area (Å²) in [6, 6.07) is 7.57. The number of pyridine rings is 1.